The average Bonchev–Trinajstić information content (AvgIpc) is 3.22. The normalized spacial score (nSPS) is 34.5. The standard InChI is InChI=1S/C18H19NO5/c1-10(11-3-5-12(23-2)6-4-11)19-9-18-8-7-13(24-18)14(17(21)22)15(18)16(19)20/h3-8,10,13-15H,9H2,1-2H3,(H,21,22)/t10?,13-,14?,15+,18-/m1/s1. The molecule has 4 rings (SSSR count). The Kier molecular flexibility index (Phi) is 3.22. The summed E-state index contributed by atoms with van der Waals surface area (Å²) in [7, 11) is 1.61. The van der Waals surface area contributed by atoms with Crippen LogP contribution in [0, 0.1) is 11.8 Å². The van der Waals surface area contributed by atoms with Gasteiger partial charge in [0.1, 0.15) is 17.3 Å². The number of nitrogens with zero attached hydrogens (tertiary/aromatic N) is 1. The van der Waals surface area contributed by atoms with Crippen LogP contribution < -0.4 is 4.74 Å². The molecule has 1 amide bonds. The van der Waals surface area contributed by atoms with Crippen LogP contribution >= 0.6 is 0 Å². The van der Waals surface area contributed by atoms with Crippen LogP contribution in [0.2, 0.25) is 0 Å². The Morgan fingerprint density at radius 2 is 2.12 bits per heavy atom. The monoisotopic (exact) mass is 329 g/mol. The van der Waals surface area contributed by atoms with E-state index in [1.165, 1.54) is 0 Å². The van der Waals surface area contributed by atoms with Gasteiger partial charge in [-0.15, -0.1) is 0 Å². The van der Waals surface area contributed by atoms with Crippen LogP contribution in [0.5, 0.6) is 5.75 Å². The van der Waals surface area contributed by atoms with Crippen LogP contribution in [-0.4, -0.2) is 47.2 Å². The van der Waals surface area contributed by atoms with Gasteiger partial charge in [-0.3, -0.25) is 9.59 Å². The highest BCUT2D eigenvalue weighted by atomic mass is 16.5. The second kappa shape index (κ2) is 5.08. The molecular formula is C18H19NO5. The molecule has 6 heteroatoms. The number of carbonyl (C=O) groups excluding carboxylic acids is 1. The molecule has 1 aromatic carbocycles. The van der Waals surface area contributed by atoms with E-state index in [4.69, 9.17) is 9.47 Å². The summed E-state index contributed by atoms with van der Waals surface area (Å²) in [5, 5.41) is 9.50. The molecule has 1 aromatic rings. The summed E-state index contributed by atoms with van der Waals surface area (Å²) in [6.07, 6.45) is 3.17. The molecule has 2 fully saturated rings. The van der Waals surface area contributed by atoms with E-state index in [1.54, 1.807) is 18.1 Å². The summed E-state index contributed by atoms with van der Waals surface area (Å²) in [5.41, 5.74) is 0.192. The molecular weight excluding hydrogens is 310 g/mol. The summed E-state index contributed by atoms with van der Waals surface area (Å²) in [6, 6.07) is 7.39. The average molecular weight is 329 g/mol. The van der Waals surface area contributed by atoms with E-state index in [0.29, 0.717) is 6.54 Å². The maximum Gasteiger partial charge on any atom is 0.310 e. The molecule has 0 aliphatic carbocycles. The highest BCUT2D eigenvalue weighted by molar-refractivity contribution is 5.91. The van der Waals surface area contributed by atoms with E-state index in [-0.39, 0.29) is 11.9 Å². The molecule has 0 saturated carbocycles. The van der Waals surface area contributed by atoms with Gasteiger partial charge in [0.25, 0.3) is 0 Å². The first-order valence-electron chi connectivity index (χ1n) is 8.01. The van der Waals surface area contributed by atoms with Crippen molar-refractivity contribution in [2.75, 3.05) is 13.7 Å². The van der Waals surface area contributed by atoms with Gasteiger partial charge in [0.15, 0.2) is 0 Å². The Labute approximate surface area is 139 Å². The lowest BCUT2D eigenvalue weighted by Gasteiger charge is -2.27. The summed E-state index contributed by atoms with van der Waals surface area (Å²) < 4.78 is 11.1. The summed E-state index contributed by atoms with van der Waals surface area (Å²) in [6.45, 7) is 2.34. The van der Waals surface area contributed by atoms with Crippen molar-refractivity contribution in [3.63, 3.8) is 0 Å². The fraction of sp³-hybridized carbons (Fsp3) is 0.444. The largest absolute Gasteiger partial charge is 0.497 e. The molecule has 0 aromatic heterocycles. The van der Waals surface area contributed by atoms with Crippen LogP contribution in [0.4, 0.5) is 0 Å². The van der Waals surface area contributed by atoms with Crippen LogP contribution in [0.3, 0.4) is 0 Å². The lowest BCUT2D eigenvalue weighted by atomic mass is 9.77. The fourth-order valence-corrected chi connectivity index (χ4v) is 4.20. The predicted octanol–water partition coefficient (Wildman–Crippen LogP) is 1.62. The third kappa shape index (κ3) is 1.92. The molecule has 3 aliphatic heterocycles. The number of methoxy groups -OCH3 is 1. The summed E-state index contributed by atoms with van der Waals surface area (Å²) >= 11 is 0. The highest BCUT2D eigenvalue weighted by Crippen LogP contribution is 2.53. The molecule has 126 valence electrons. The number of amides is 1. The minimum Gasteiger partial charge on any atom is -0.497 e. The van der Waals surface area contributed by atoms with Crippen molar-refractivity contribution >= 4 is 11.9 Å². The lowest BCUT2D eigenvalue weighted by Crippen LogP contribution is -2.39. The van der Waals surface area contributed by atoms with Crippen molar-refractivity contribution in [1.29, 1.82) is 0 Å². The number of carboxylic acid groups (broad SMARTS) is 1. The molecule has 24 heavy (non-hydrogen) atoms. The predicted molar refractivity (Wildman–Crippen MR) is 84.5 cm³/mol. The molecule has 1 spiro atoms. The fourth-order valence-electron chi connectivity index (χ4n) is 4.20. The van der Waals surface area contributed by atoms with E-state index in [1.807, 2.05) is 37.3 Å². The minimum absolute atomic E-state index is 0.141. The van der Waals surface area contributed by atoms with Gasteiger partial charge in [-0.05, 0) is 24.6 Å². The summed E-state index contributed by atoms with van der Waals surface area (Å²) in [5.74, 6) is -1.78. The molecule has 5 atom stereocenters. The lowest BCUT2D eigenvalue weighted by molar-refractivity contribution is -0.148. The Morgan fingerprint density at radius 1 is 1.42 bits per heavy atom. The highest BCUT2D eigenvalue weighted by Gasteiger charge is 2.67. The van der Waals surface area contributed by atoms with Crippen LogP contribution in [0.25, 0.3) is 0 Å². The number of carbonyl (C=O) groups is 2. The Bertz CT molecular complexity index is 727. The van der Waals surface area contributed by atoms with Crippen molar-refractivity contribution in [2.24, 2.45) is 11.8 Å². The van der Waals surface area contributed by atoms with Crippen molar-refractivity contribution in [2.45, 2.75) is 24.7 Å². The van der Waals surface area contributed by atoms with Gasteiger partial charge in [0, 0.05) is 0 Å². The quantitative estimate of drug-likeness (QED) is 0.850. The molecule has 3 aliphatic rings. The maximum absolute atomic E-state index is 12.9. The number of carboxylic acids is 1. The smallest absolute Gasteiger partial charge is 0.310 e. The van der Waals surface area contributed by atoms with Gasteiger partial charge in [-0.1, -0.05) is 24.3 Å². The number of hydrogen-bond donors (Lipinski definition) is 1. The third-order valence-electron chi connectivity index (χ3n) is 5.48. The van der Waals surface area contributed by atoms with Crippen molar-refractivity contribution in [3.8, 4) is 5.75 Å². The van der Waals surface area contributed by atoms with Gasteiger partial charge in [-0.25, -0.2) is 0 Å². The van der Waals surface area contributed by atoms with Gasteiger partial charge in [-0.2, -0.15) is 0 Å². The van der Waals surface area contributed by atoms with Crippen LogP contribution in [-0.2, 0) is 14.3 Å². The van der Waals surface area contributed by atoms with Gasteiger partial charge < -0.3 is 19.5 Å². The first kappa shape index (κ1) is 15.2. The Morgan fingerprint density at radius 3 is 2.75 bits per heavy atom. The minimum atomic E-state index is -0.969. The Hall–Kier alpha value is -2.34. The number of hydrogen-bond acceptors (Lipinski definition) is 4. The van der Waals surface area contributed by atoms with Gasteiger partial charge in [0.2, 0.25) is 5.91 Å². The molecule has 6 nitrogen and oxygen atoms in total. The van der Waals surface area contributed by atoms with Crippen LogP contribution in [0.15, 0.2) is 36.4 Å². The molecule has 2 saturated heterocycles. The first-order chi connectivity index (χ1) is 11.5. The molecule has 2 unspecified atom stereocenters. The zero-order chi connectivity index (χ0) is 17.1. The van der Waals surface area contributed by atoms with Crippen molar-refractivity contribution in [1.82, 2.24) is 4.90 Å². The number of likely N-dealkylation sites (tertiary alicyclic amines) is 1. The zero-order valence-corrected chi connectivity index (χ0v) is 13.5. The van der Waals surface area contributed by atoms with E-state index in [0.717, 1.165) is 11.3 Å². The Balaban J connectivity index is 1.63. The van der Waals surface area contributed by atoms with Gasteiger partial charge in [0.05, 0.1) is 31.7 Å². The zero-order valence-electron chi connectivity index (χ0n) is 13.5. The van der Waals surface area contributed by atoms with Gasteiger partial charge >= 0.3 is 5.97 Å². The molecule has 1 N–H and O–H groups in total. The number of fused-ring (bicyclic) bond motifs is 1. The summed E-state index contributed by atoms with van der Waals surface area (Å²) in [4.78, 5) is 26.3. The van der Waals surface area contributed by atoms with E-state index in [9.17, 15) is 14.7 Å². The maximum atomic E-state index is 12.9. The van der Waals surface area contributed by atoms with E-state index in [2.05, 4.69) is 0 Å². The number of ether oxygens (including phenoxy) is 2. The number of benzene rings is 1. The van der Waals surface area contributed by atoms with Crippen LogP contribution in [0.1, 0.15) is 18.5 Å². The SMILES string of the molecule is COc1ccc(C(C)N2C[C@@]34C=C[C@@H](O3)C(C(=O)O)[C@H]4C2=O)cc1. The second-order valence-corrected chi connectivity index (χ2v) is 6.65. The topological polar surface area (TPSA) is 76.1 Å². The van der Waals surface area contributed by atoms with Crippen molar-refractivity contribution < 1.29 is 24.2 Å². The van der Waals surface area contributed by atoms with E-state index < -0.39 is 29.5 Å². The first-order valence-corrected chi connectivity index (χ1v) is 8.01. The number of rotatable bonds is 4. The molecule has 0 radical (unpaired) electrons. The van der Waals surface area contributed by atoms with E-state index >= 15 is 0 Å². The second-order valence-electron chi connectivity index (χ2n) is 6.65. The third-order valence-corrected chi connectivity index (χ3v) is 5.48. The number of aliphatic carboxylic acids is 1. The van der Waals surface area contributed by atoms with Crippen molar-refractivity contribution in [3.05, 3.63) is 42.0 Å². The molecule has 3 heterocycles. The molecule has 2 bridgehead atoms.